The Morgan fingerprint density at radius 3 is 2.32 bits per heavy atom. The number of carboxylic acids is 1. The van der Waals surface area contributed by atoms with Crippen LogP contribution in [0, 0.1) is 0 Å². The molecule has 0 spiro atoms. The van der Waals surface area contributed by atoms with Gasteiger partial charge in [0.05, 0.1) is 5.39 Å². The smallest absolute Gasteiger partial charge is 0.354 e. The molecule has 0 aliphatic carbocycles. The summed E-state index contributed by atoms with van der Waals surface area (Å²) in [5, 5.41) is 30.0. The number of benzene rings is 2. The van der Waals surface area contributed by atoms with Crippen LogP contribution in [-0.2, 0) is 0 Å². The van der Waals surface area contributed by atoms with Crippen molar-refractivity contribution in [3.05, 3.63) is 53.2 Å². The van der Waals surface area contributed by atoms with E-state index in [0.717, 1.165) is 11.6 Å². The van der Waals surface area contributed by atoms with Gasteiger partial charge in [0.2, 0.25) is 0 Å². The average Bonchev–Trinajstić information content (AvgIpc) is 2.49. The Morgan fingerprint density at radius 1 is 1.00 bits per heavy atom. The number of aromatic hydroxyl groups is 2. The van der Waals surface area contributed by atoms with Crippen molar-refractivity contribution < 1.29 is 20.1 Å². The highest BCUT2D eigenvalue weighted by Crippen LogP contribution is 2.38. The van der Waals surface area contributed by atoms with E-state index in [4.69, 9.17) is 16.7 Å². The molecule has 0 amide bonds. The van der Waals surface area contributed by atoms with E-state index < -0.39 is 5.97 Å². The summed E-state index contributed by atoms with van der Waals surface area (Å²) in [6, 6.07) is 11.0. The largest absolute Gasteiger partial charge is 0.507 e. The van der Waals surface area contributed by atoms with Gasteiger partial charge in [-0.3, -0.25) is 0 Å². The SMILES string of the molecule is O=C(O)c1cc(O)c2c(-c3ccc(Cl)cc3)ccc(O)c2n1. The molecule has 22 heavy (non-hydrogen) atoms. The predicted molar refractivity (Wildman–Crippen MR) is 82.5 cm³/mol. The lowest BCUT2D eigenvalue weighted by Crippen LogP contribution is -2.00. The first kappa shape index (κ1) is 14.2. The van der Waals surface area contributed by atoms with Crippen LogP contribution in [0.25, 0.3) is 22.0 Å². The summed E-state index contributed by atoms with van der Waals surface area (Å²) >= 11 is 5.86. The normalized spacial score (nSPS) is 10.8. The first-order valence-electron chi connectivity index (χ1n) is 6.32. The molecule has 0 saturated heterocycles. The number of phenolic OH excluding ortho intramolecular Hbond substituents is 1. The van der Waals surface area contributed by atoms with Gasteiger partial charge in [-0.05, 0) is 35.4 Å². The van der Waals surface area contributed by atoms with E-state index in [1.165, 1.54) is 6.07 Å². The van der Waals surface area contributed by atoms with Crippen LogP contribution >= 0.6 is 11.6 Å². The second kappa shape index (κ2) is 5.20. The minimum atomic E-state index is -1.28. The lowest BCUT2D eigenvalue weighted by atomic mass is 9.99. The standard InChI is InChI=1S/C16H10ClNO4/c17-9-3-1-8(2-4-9)10-5-6-12(19)15-14(10)13(20)7-11(18-15)16(21)22/h1-7,19H,(H,18,20)(H,21,22). The number of hydrogen-bond donors (Lipinski definition) is 3. The van der Waals surface area contributed by atoms with Gasteiger partial charge in [0.1, 0.15) is 17.0 Å². The summed E-state index contributed by atoms with van der Waals surface area (Å²) in [4.78, 5) is 14.9. The zero-order valence-corrected chi connectivity index (χ0v) is 11.9. The van der Waals surface area contributed by atoms with Crippen molar-refractivity contribution in [3.8, 4) is 22.6 Å². The number of phenols is 1. The molecule has 0 aliphatic heterocycles. The minimum absolute atomic E-state index is 0.0323. The van der Waals surface area contributed by atoms with Crippen molar-refractivity contribution in [2.75, 3.05) is 0 Å². The summed E-state index contributed by atoms with van der Waals surface area (Å²) in [7, 11) is 0. The maximum absolute atomic E-state index is 11.0. The molecule has 110 valence electrons. The van der Waals surface area contributed by atoms with Gasteiger partial charge in [-0.1, -0.05) is 23.7 Å². The van der Waals surface area contributed by atoms with Crippen molar-refractivity contribution in [2.45, 2.75) is 0 Å². The summed E-state index contributed by atoms with van der Waals surface area (Å²) in [6.07, 6.45) is 0. The fraction of sp³-hybridized carbons (Fsp3) is 0. The van der Waals surface area contributed by atoms with E-state index in [1.54, 1.807) is 30.3 Å². The van der Waals surface area contributed by atoms with E-state index in [9.17, 15) is 15.0 Å². The number of halogens is 1. The maximum Gasteiger partial charge on any atom is 0.354 e. The zero-order valence-electron chi connectivity index (χ0n) is 11.1. The van der Waals surface area contributed by atoms with Crippen LogP contribution in [0.1, 0.15) is 10.5 Å². The molecule has 3 rings (SSSR count). The van der Waals surface area contributed by atoms with Gasteiger partial charge in [0, 0.05) is 11.1 Å². The molecule has 0 bridgehead atoms. The van der Waals surface area contributed by atoms with E-state index in [-0.39, 0.29) is 28.1 Å². The molecular weight excluding hydrogens is 306 g/mol. The van der Waals surface area contributed by atoms with Crippen LogP contribution < -0.4 is 0 Å². The number of carboxylic acid groups (broad SMARTS) is 1. The quantitative estimate of drug-likeness (QED) is 0.671. The van der Waals surface area contributed by atoms with Crippen molar-refractivity contribution in [2.24, 2.45) is 0 Å². The number of carbonyl (C=O) groups is 1. The number of nitrogens with zero attached hydrogens (tertiary/aromatic N) is 1. The second-order valence-corrected chi connectivity index (χ2v) is 5.13. The number of fused-ring (bicyclic) bond motifs is 1. The molecule has 0 aliphatic rings. The molecule has 0 fully saturated rings. The summed E-state index contributed by atoms with van der Waals surface area (Å²) in [5.74, 6) is -1.75. The Labute approximate surface area is 130 Å². The lowest BCUT2D eigenvalue weighted by Gasteiger charge is -2.10. The topological polar surface area (TPSA) is 90.7 Å². The average molecular weight is 316 g/mol. The van der Waals surface area contributed by atoms with E-state index >= 15 is 0 Å². The number of pyridine rings is 1. The molecule has 5 nitrogen and oxygen atoms in total. The third kappa shape index (κ3) is 2.31. The molecule has 2 aromatic carbocycles. The number of hydrogen-bond acceptors (Lipinski definition) is 4. The van der Waals surface area contributed by atoms with Crippen molar-refractivity contribution in [1.29, 1.82) is 0 Å². The summed E-state index contributed by atoms with van der Waals surface area (Å²) < 4.78 is 0. The third-order valence-corrected chi connectivity index (χ3v) is 3.54. The van der Waals surface area contributed by atoms with Crippen LogP contribution in [0.5, 0.6) is 11.5 Å². The number of aromatic nitrogens is 1. The highest BCUT2D eigenvalue weighted by molar-refractivity contribution is 6.30. The first-order valence-corrected chi connectivity index (χ1v) is 6.70. The van der Waals surface area contributed by atoms with Crippen molar-refractivity contribution >= 4 is 28.5 Å². The highest BCUT2D eigenvalue weighted by atomic mass is 35.5. The van der Waals surface area contributed by atoms with E-state index in [0.29, 0.717) is 10.6 Å². The monoisotopic (exact) mass is 315 g/mol. The van der Waals surface area contributed by atoms with Crippen molar-refractivity contribution in [3.63, 3.8) is 0 Å². The van der Waals surface area contributed by atoms with Crippen LogP contribution in [-0.4, -0.2) is 26.3 Å². The van der Waals surface area contributed by atoms with Crippen LogP contribution in [0.2, 0.25) is 5.02 Å². The van der Waals surface area contributed by atoms with Gasteiger partial charge in [-0.25, -0.2) is 9.78 Å². The molecule has 6 heteroatoms. The summed E-state index contributed by atoms with van der Waals surface area (Å²) in [6.45, 7) is 0. The molecule has 3 aromatic rings. The fourth-order valence-electron chi connectivity index (χ4n) is 2.29. The molecule has 1 aromatic heterocycles. The molecule has 0 atom stereocenters. The lowest BCUT2D eigenvalue weighted by molar-refractivity contribution is 0.0690. The molecule has 1 heterocycles. The van der Waals surface area contributed by atoms with Gasteiger partial charge in [-0.15, -0.1) is 0 Å². The van der Waals surface area contributed by atoms with Crippen LogP contribution in [0.3, 0.4) is 0 Å². The molecule has 0 radical (unpaired) electrons. The van der Waals surface area contributed by atoms with E-state index in [1.807, 2.05) is 0 Å². The van der Waals surface area contributed by atoms with E-state index in [2.05, 4.69) is 4.98 Å². The van der Waals surface area contributed by atoms with Gasteiger partial charge < -0.3 is 15.3 Å². The minimum Gasteiger partial charge on any atom is -0.507 e. The molecule has 0 unspecified atom stereocenters. The predicted octanol–water partition coefficient (Wildman–Crippen LogP) is 3.66. The Kier molecular flexibility index (Phi) is 3.35. The molecule has 0 saturated carbocycles. The zero-order chi connectivity index (χ0) is 15.9. The Morgan fingerprint density at radius 2 is 1.68 bits per heavy atom. The van der Waals surface area contributed by atoms with Gasteiger partial charge in [-0.2, -0.15) is 0 Å². The highest BCUT2D eigenvalue weighted by Gasteiger charge is 2.16. The number of rotatable bonds is 2. The number of aromatic carboxylic acids is 1. The first-order chi connectivity index (χ1) is 10.5. The fourth-order valence-corrected chi connectivity index (χ4v) is 2.41. The second-order valence-electron chi connectivity index (χ2n) is 4.69. The van der Waals surface area contributed by atoms with Crippen molar-refractivity contribution in [1.82, 2.24) is 4.98 Å². The van der Waals surface area contributed by atoms with Gasteiger partial charge in [0.25, 0.3) is 0 Å². The third-order valence-electron chi connectivity index (χ3n) is 3.29. The van der Waals surface area contributed by atoms with Crippen LogP contribution in [0.4, 0.5) is 0 Å². The van der Waals surface area contributed by atoms with Crippen LogP contribution in [0.15, 0.2) is 42.5 Å². The Balaban J connectivity index is 2.35. The maximum atomic E-state index is 11.0. The van der Waals surface area contributed by atoms with Gasteiger partial charge in [0.15, 0.2) is 5.69 Å². The Bertz CT molecular complexity index is 891. The Hall–Kier alpha value is -2.79. The van der Waals surface area contributed by atoms with Gasteiger partial charge >= 0.3 is 5.97 Å². The molecule has 3 N–H and O–H groups in total. The molecular formula is C16H10ClNO4. The summed E-state index contributed by atoms with van der Waals surface area (Å²) in [5.41, 5.74) is 1.07.